The smallest absolute Gasteiger partial charge is 0.232 e. The van der Waals surface area contributed by atoms with Gasteiger partial charge in [0.25, 0.3) is 0 Å². The van der Waals surface area contributed by atoms with Gasteiger partial charge in [0.1, 0.15) is 22.9 Å². The minimum Gasteiger partial charge on any atom is -0.497 e. The molecule has 0 saturated heterocycles. The molecule has 1 aliphatic carbocycles. The van der Waals surface area contributed by atoms with Gasteiger partial charge in [0.2, 0.25) is 10.0 Å². The molecule has 0 unspecified atom stereocenters. The molecule has 4 aromatic rings. The van der Waals surface area contributed by atoms with Crippen molar-refractivity contribution in [3.63, 3.8) is 0 Å². The fourth-order valence-corrected chi connectivity index (χ4v) is 5.28. The second kappa shape index (κ2) is 9.31. The maximum atomic E-state index is 13.5. The molecule has 0 aliphatic heterocycles. The van der Waals surface area contributed by atoms with Gasteiger partial charge in [0, 0.05) is 17.0 Å². The van der Waals surface area contributed by atoms with E-state index in [1.807, 2.05) is 18.2 Å². The van der Waals surface area contributed by atoms with Crippen LogP contribution in [0, 0.1) is 5.82 Å². The lowest BCUT2D eigenvalue weighted by Gasteiger charge is -2.25. The molecule has 0 bridgehead atoms. The third-order valence-corrected chi connectivity index (χ3v) is 7.47. The average Bonchev–Trinajstić information content (AvgIpc) is 3.65. The lowest BCUT2D eigenvalue weighted by Crippen LogP contribution is -2.30. The Balaban J connectivity index is 1.68. The molecule has 1 saturated carbocycles. The minimum atomic E-state index is -3.65. The Morgan fingerprint density at radius 2 is 1.83 bits per heavy atom. The van der Waals surface area contributed by atoms with E-state index in [0.717, 1.165) is 24.0 Å². The van der Waals surface area contributed by atoms with E-state index in [1.54, 1.807) is 37.4 Å². The second-order valence-corrected chi connectivity index (χ2v) is 10.8. The van der Waals surface area contributed by atoms with Crippen molar-refractivity contribution in [3.8, 4) is 17.1 Å². The average molecular weight is 509 g/mol. The number of rotatable bonds is 8. The summed E-state index contributed by atoms with van der Waals surface area (Å²) in [5, 5.41) is 13.2. The molecule has 0 radical (unpaired) electrons. The van der Waals surface area contributed by atoms with Crippen molar-refractivity contribution in [2.75, 3.05) is 17.7 Å². The summed E-state index contributed by atoms with van der Waals surface area (Å²) in [6, 6.07) is 16.7. The molecule has 7 nitrogen and oxygen atoms in total. The van der Waals surface area contributed by atoms with E-state index in [4.69, 9.17) is 9.15 Å². The molecule has 1 heterocycles. The van der Waals surface area contributed by atoms with E-state index in [-0.39, 0.29) is 18.3 Å². The molecule has 0 amide bonds. The molecule has 1 aliphatic rings. The van der Waals surface area contributed by atoms with Crippen LogP contribution in [0.15, 0.2) is 70.2 Å². The van der Waals surface area contributed by atoms with Gasteiger partial charge in [0.05, 0.1) is 37.4 Å². The Hall–Kier alpha value is -3.85. The first-order valence-electron chi connectivity index (χ1n) is 11.4. The predicted octanol–water partition coefficient (Wildman–Crippen LogP) is 5.90. The van der Waals surface area contributed by atoms with Gasteiger partial charge in [-0.3, -0.25) is 4.31 Å². The van der Waals surface area contributed by atoms with Gasteiger partial charge < -0.3 is 14.4 Å². The van der Waals surface area contributed by atoms with Crippen LogP contribution in [-0.2, 0) is 16.6 Å². The van der Waals surface area contributed by atoms with E-state index in [1.165, 1.54) is 28.9 Å². The summed E-state index contributed by atoms with van der Waals surface area (Å²) in [5.74, 6) is 0.926. The molecule has 3 aromatic carbocycles. The summed E-state index contributed by atoms with van der Waals surface area (Å²) in [7, 11) is -2.07. The summed E-state index contributed by atoms with van der Waals surface area (Å²) in [6.07, 6.45) is 4.37. The van der Waals surface area contributed by atoms with Gasteiger partial charge in [-0.1, -0.05) is 17.3 Å². The molecule has 9 heteroatoms. The van der Waals surface area contributed by atoms with Crippen LogP contribution in [0.25, 0.3) is 22.3 Å². The van der Waals surface area contributed by atoms with Gasteiger partial charge in [0.15, 0.2) is 0 Å². The van der Waals surface area contributed by atoms with Crippen LogP contribution in [0.2, 0.25) is 0 Å². The Morgan fingerprint density at radius 1 is 1.14 bits per heavy atom. The maximum absolute atomic E-state index is 13.5. The number of sulfonamides is 1. The van der Waals surface area contributed by atoms with E-state index >= 15 is 0 Å². The van der Waals surface area contributed by atoms with Crippen LogP contribution in [0.3, 0.4) is 0 Å². The zero-order valence-electron chi connectivity index (χ0n) is 19.8. The highest BCUT2D eigenvalue weighted by Crippen LogP contribution is 2.48. The minimum absolute atomic E-state index is 0.143. The van der Waals surface area contributed by atoms with Crippen LogP contribution >= 0.6 is 0 Å². The fourth-order valence-electron chi connectivity index (χ4n) is 4.38. The van der Waals surface area contributed by atoms with E-state index < -0.39 is 10.0 Å². The van der Waals surface area contributed by atoms with Crippen molar-refractivity contribution in [1.82, 2.24) is 0 Å². The Morgan fingerprint density at radius 3 is 2.42 bits per heavy atom. The number of halogens is 1. The molecular formula is C27H25FN2O5S. The maximum Gasteiger partial charge on any atom is 0.232 e. The number of oxime groups is 1. The second-order valence-electron chi connectivity index (χ2n) is 8.90. The molecule has 1 N–H and O–H groups in total. The van der Waals surface area contributed by atoms with Gasteiger partial charge in [-0.15, -0.1) is 0 Å². The molecule has 1 fully saturated rings. The van der Waals surface area contributed by atoms with Crippen molar-refractivity contribution in [2.45, 2.75) is 25.3 Å². The highest BCUT2D eigenvalue weighted by atomic mass is 32.2. The zero-order chi connectivity index (χ0) is 25.4. The third kappa shape index (κ3) is 4.66. The van der Waals surface area contributed by atoms with Crippen molar-refractivity contribution in [1.29, 1.82) is 0 Å². The highest BCUT2D eigenvalue weighted by Gasteiger charge is 2.32. The quantitative estimate of drug-likeness (QED) is 0.182. The number of fused-ring (bicyclic) bond motifs is 1. The van der Waals surface area contributed by atoms with E-state index in [2.05, 4.69) is 5.16 Å². The van der Waals surface area contributed by atoms with E-state index in [9.17, 15) is 18.0 Å². The van der Waals surface area contributed by atoms with Crippen LogP contribution in [0.1, 0.15) is 35.4 Å². The van der Waals surface area contributed by atoms with E-state index in [0.29, 0.717) is 39.3 Å². The monoisotopic (exact) mass is 508 g/mol. The number of benzene rings is 3. The highest BCUT2D eigenvalue weighted by molar-refractivity contribution is 7.92. The molecule has 186 valence electrons. The first kappa shape index (κ1) is 23.9. The Kier molecular flexibility index (Phi) is 6.17. The SMILES string of the molecule is COc1ccc(CN(c2cc3oc(-c4ccc(F)cc4)c(C=NO)c3cc2C2CC2)S(C)(=O)=O)cc1. The Labute approximate surface area is 208 Å². The first-order chi connectivity index (χ1) is 17.3. The summed E-state index contributed by atoms with van der Waals surface area (Å²) < 4.78 is 52.3. The van der Waals surface area contributed by atoms with Crippen molar-refractivity contribution >= 4 is 32.9 Å². The van der Waals surface area contributed by atoms with Gasteiger partial charge >= 0.3 is 0 Å². The van der Waals surface area contributed by atoms with Crippen molar-refractivity contribution in [2.24, 2.45) is 5.16 Å². The molecule has 1 aromatic heterocycles. The van der Waals surface area contributed by atoms with Gasteiger partial charge in [-0.05, 0) is 72.4 Å². The third-order valence-electron chi connectivity index (χ3n) is 6.34. The summed E-state index contributed by atoms with van der Waals surface area (Å²) >= 11 is 0. The van der Waals surface area contributed by atoms with Gasteiger partial charge in [-0.2, -0.15) is 0 Å². The number of hydrogen-bond acceptors (Lipinski definition) is 6. The van der Waals surface area contributed by atoms with Crippen molar-refractivity contribution in [3.05, 3.63) is 83.2 Å². The zero-order valence-corrected chi connectivity index (χ0v) is 20.6. The largest absolute Gasteiger partial charge is 0.497 e. The molecule has 36 heavy (non-hydrogen) atoms. The molecule has 5 rings (SSSR count). The van der Waals surface area contributed by atoms with Gasteiger partial charge in [-0.25, -0.2) is 12.8 Å². The Bertz CT molecular complexity index is 1540. The topological polar surface area (TPSA) is 92.3 Å². The van der Waals surface area contributed by atoms with Crippen LogP contribution in [-0.4, -0.2) is 33.2 Å². The number of hydrogen-bond donors (Lipinski definition) is 1. The molecule has 0 spiro atoms. The van der Waals surface area contributed by atoms with Crippen LogP contribution in [0.5, 0.6) is 5.75 Å². The van der Waals surface area contributed by atoms with Crippen molar-refractivity contribution < 1.29 is 27.2 Å². The lowest BCUT2D eigenvalue weighted by molar-refractivity contribution is 0.322. The number of nitrogens with zero attached hydrogens (tertiary/aromatic N) is 2. The number of ether oxygens (including phenoxy) is 1. The standard InChI is InChI=1S/C27H25FN2O5S/c1-34-21-11-3-17(4-12-21)16-30(36(2,32)33)25-14-26-23(13-22(25)18-5-6-18)24(15-29-31)27(35-26)19-7-9-20(28)10-8-19/h3-4,7-15,18,31H,5-6,16H2,1-2H3. The number of furan rings is 1. The normalized spacial score (nSPS) is 14.0. The number of anilines is 1. The van der Waals surface area contributed by atoms with Crippen LogP contribution < -0.4 is 9.04 Å². The number of methoxy groups -OCH3 is 1. The predicted molar refractivity (Wildman–Crippen MR) is 137 cm³/mol. The molecular weight excluding hydrogens is 483 g/mol. The van der Waals surface area contributed by atoms with Crippen LogP contribution in [0.4, 0.5) is 10.1 Å². The summed E-state index contributed by atoms with van der Waals surface area (Å²) in [5.41, 5.74) is 3.83. The first-order valence-corrected chi connectivity index (χ1v) is 13.3. The summed E-state index contributed by atoms with van der Waals surface area (Å²) in [6.45, 7) is 0.143. The molecule has 0 atom stereocenters. The lowest BCUT2D eigenvalue weighted by atomic mass is 10.0. The fraction of sp³-hybridized carbons (Fsp3) is 0.222. The summed E-state index contributed by atoms with van der Waals surface area (Å²) in [4.78, 5) is 0.